The molecule has 0 saturated carbocycles. The normalized spacial score (nSPS) is 11.4. The summed E-state index contributed by atoms with van der Waals surface area (Å²) in [5.41, 5.74) is 6.53. The Morgan fingerprint density at radius 3 is 2.46 bits per heavy atom. The topological polar surface area (TPSA) is 76.7 Å². The van der Waals surface area contributed by atoms with Gasteiger partial charge in [0.1, 0.15) is 17.3 Å². The summed E-state index contributed by atoms with van der Waals surface area (Å²) < 4.78 is 23.6. The first-order valence-corrected chi connectivity index (χ1v) is 8.06. The van der Waals surface area contributed by atoms with E-state index in [1.807, 2.05) is 26.0 Å². The molecule has 2 rings (SSSR count). The first kappa shape index (κ1) is 19.2. The van der Waals surface area contributed by atoms with E-state index in [0.29, 0.717) is 11.5 Å². The second-order valence-corrected chi connectivity index (χ2v) is 5.74. The molecule has 26 heavy (non-hydrogen) atoms. The van der Waals surface area contributed by atoms with Crippen molar-refractivity contribution >= 4 is 11.8 Å². The maximum absolute atomic E-state index is 12.8. The average molecular weight is 360 g/mol. The number of carbonyl (C=O) groups excluding carboxylic acids is 2. The molecule has 2 N–H and O–H groups in total. The zero-order valence-corrected chi connectivity index (χ0v) is 14.8. The number of hydrogen-bond donors (Lipinski definition) is 2. The van der Waals surface area contributed by atoms with Crippen molar-refractivity contribution in [2.75, 3.05) is 6.61 Å². The van der Waals surface area contributed by atoms with Crippen LogP contribution < -0.4 is 20.3 Å². The fourth-order valence-electron chi connectivity index (χ4n) is 2.06. The number of aryl methyl sites for hydroxylation is 1. The van der Waals surface area contributed by atoms with Crippen LogP contribution in [0, 0.1) is 19.7 Å². The van der Waals surface area contributed by atoms with Gasteiger partial charge in [-0.1, -0.05) is 12.1 Å². The largest absolute Gasteiger partial charge is 0.483 e. The highest BCUT2D eigenvalue weighted by Crippen LogP contribution is 2.20. The average Bonchev–Trinajstić information content (AvgIpc) is 2.62. The van der Waals surface area contributed by atoms with Gasteiger partial charge in [-0.05, 0) is 62.2 Å². The Labute approximate surface area is 151 Å². The van der Waals surface area contributed by atoms with E-state index in [4.69, 9.17) is 9.47 Å². The van der Waals surface area contributed by atoms with Crippen molar-refractivity contribution in [1.29, 1.82) is 0 Å². The molecule has 138 valence electrons. The molecule has 7 heteroatoms. The van der Waals surface area contributed by atoms with Gasteiger partial charge < -0.3 is 9.47 Å². The summed E-state index contributed by atoms with van der Waals surface area (Å²) in [5, 5.41) is 0. The number of hydrogen-bond acceptors (Lipinski definition) is 4. The van der Waals surface area contributed by atoms with Crippen LogP contribution in [0.25, 0.3) is 0 Å². The van der Waals surface area contributed by atoms with E-state index in [1.54, 1.807) is 6.07 Å². The highest BCUT2D eigenvalue weighted by molar-refractivity contribution is 5.85. The number of nitrogens with one attached hydrogen (secondary N) is 2. The van der Waals surface area contributed by atoms with Gasteiger partial charge in [-0.25, -0.2) is 4.39 Å². The maximum atomic E-state index is 12.8. The summed E-state index contributed by atoms with van der Waals surface area (Å²) in [5.74, 6) is -0.494. The van der Waals surface area contributed by atoms with Gasteiger partial charge in [0.25, 0.3) is 11.8 Å². The van der Waals surface area contributed by atoms with Crippen LogP contribution in [0.1, 0.15) is 18.1 Å². The predicted octanol–water partition coefficient (Wildman–Crippen LogP) is 2.44. The van der Waals surface area contributed by atoms with Gasteiger partial charge in [0.05, 0.1) is 0 Å². The van der Waals surface area contributed by atoms with E-state index < -0.39 is 23.7 Å². The molecule has 2 aromatic carbocycles. The summed E-state index contributed by atoms with van der Waals surface area (Å²) >= 11 is 0. The minimum absolute atomic E-state index is 0.238. The van der Waals surface area contributed by atoms with Gasteiger partial charge in [-0.2, -0.15) is 0 Å². The number of carbonyl (C=O) groups is 2. The van der Waals surface area contributed by atoms with Crippen LogP contribution >= 0.6 is 0 Å². The molecule has 2 aromatic rings. The second-order valence-electron chi connectivity index (χ2n) is 5.74. The Kier molecular flexibility index (Phi) is 6.54. The summed E-state index contributed by atoms with van der Waals surface area (Å²) in [6.45, 7) is 5.12. The van der Waals surface area contributed by atoms with Crippen molar-refractivity contribution in [1.82, 2.24) is 10.9 Å². The number of hydrazine groups is 1. The Morgan fingerprint density at radius 2 is 1.77 bits per heavy atom. The number of ether oxygens (including phenoxy) is 2. The fourth-order valence-corrected chi connectivity index (χ4v) is 2.06. The van der Waals surface area contributed by atoms with Crippen LogP contribution in [0.5, 0.6) is 11.5 Å². The van der Waals surface area contributed by atoms with Crippen molar-refractivity contribution in [2.45, 2.75) is 26.9 Å². The van der Waals surface area contributed by atoms with Crippen molar-refractivity contribution in [3.05, 3.63) is 59.4 Å². The Morgan fingerprint density at radius 1 is 1.08 bits per heavy atom. The van der Waals surface area contributed by atoms with Crippen LogP contribution in [0.4, 0.5) is 4.39 Å². The summed E-state index contributed by atoms with van der Waals surface area (Å²) in [7, 11) is 0. The van der Waals surface area contributed by atoms with Crippen LogP contribution in [-0.2, 0) is 9.59 Å². The molecule has 2 amide bonds. The number of amides is 2. The zero-order chi connectivity index (χ0) is 19.1. The van der Waals surface area contributed by atoms with Crippen LogP contribution in [0.2, 0.25) is 0 Å². The molecule has 0 aromatic heterocycles. The molecule has 0 fully saturated rings. The molecule has 6 nitrogen and oxygen atoms in total. The molecule has 0 aliphatic carbocycles. The highest BCUT2D eigenvalue weighted by Gasteiger charge is 2.15. The summed E-state index contributed by atoms with van der Waals surface area (Å²) in [6, 6.07) is 10.8. The van der Waals surface area contributed by atoms with Gasteiger partial charge >= 0.3 is 0 Å². The summed E-state index contributed by atoms with van der Waals surface area (Å²) in [4.78, 5) is 23.7. The first-order chi connectivity index (χ1) is 12.4. The van der Waals surface area contributed by atoms with Crippen LogP contribution in [0.3, 0.4) is 0 Å². The lowest BCUT2D eigenvalue weighted by Crippen LogP contribution is -2.48. The van der Waals surface area contributed by atoms with Crippen molar-refractivity contribution in [2.24, 2.45) is 0 Å². The fraction of sp³-hybridized carbons (Fsp3) is 0.263. The van der Waals surface area contributed by atoms with Crippen molar-refractivity contribution in [3.8, 4) is 11.5 Å². The lowest BCUT2D eigenvalue weighted by atomic mass is 10.1. The van der Waals surface area contributed by atoms with Gasteiger partial charge in [0, 0.05) is 0 Å². The van der Waals surface area contributed by atoms with E-state index in [9.17, 15) is 14.0 Å². The Bertz CT molecular complexity index is 778. The lowest BCUT2D eigenvalue weighted by molar-refractivity contribution is -0.133. The Balaban J connectivity index is 1.76. The third-order valence-electron chi connectivity index (χ3n) is 3.73. The van der Waals surface area contributed by atoms with Crippen LogP contribution in [0.15, 0.2) is 42.5 Å². The van der Waals surface area contributed by atoms with E-state index in [0.717, 1.165) is 11.1 Å². The molecule has 0 aliphatic heterocycles. The molecular formula is C19H21FN2O4. The van der Waals surface area contributed by atoms with Crippen molar-refractivity contribution < 1.29 is 23.5 Å². The van der Waals surface area contributed by atoms with Crippen LogP contribution in [-0.4, -0.2) is 24.5 Å². The summed E-state index contributed by atoms with van der Waals surface area (Å²) in [6.07, 6.45) is -0.874. The molecule has 0 saturated heterocycles. The minimum Gasteiger partial charge on any atom is -0.483 e. The third kappa shape index (κ3) is 5.47. The quantitative estimate of drug-likeness (QED) is 0.776. The van der Waals surface area contributed by atoms with E-state index >= 15 is 0 Å². The third-order valence-corrected chi connectivity index (χ3v) is 3.73. The maximum Gasteiger partial charge on any atom is 0.279 e. The second kappa shape index (κ2) is 8.84. The van der Waals surface area contributed by atoms with Gasteiger partial charge in [-0.3, -0.25) is 20.4 Å². The molecule has 0 aliphatic rings. The van der Waals surface area contributed by atoms with Gasteiger partial charge in [-0.15, -0.1) is 0 Å². The molecular weight excluding hydrogens is 339 g/mol. The minimum atomic E-state index is -0.874. The van der Waals surface area contributed by atoms with E-state index in [-0.39, 0.29) is 6.61 Å². The molecule has 0 bridgehead atoms. The highest BCUT2D eigenvalue weighted by atomic mass is 19.1. The molecule has 0 spiro atoms. The van der Waals surface area contributed by atoms with Gasteiger partial charge in [0.2, 0.25) is 0 Å². The monoisotopic (exact) mass is 360 g/mol. The lowest BCUT2D eigenvalue weighted by Gasteiger charge is -2.15. The number of halogens is 1. The SMILES string of the molecule is Cc1cccc(OCC(=O)NNC(=O)[C@H](C)Oc2ccc(F)cc2)c1C. The van der Waals surface area contributed by atoms with E-state index in [2.05, 4.69) is 10.9 Å². The first-order valence-electron chi connectivity index (χ1n) is 8.06. The number of rotatable bonds is 6. The Hall–Kier alpha value is -3.09. The molecule has 0 unspecified atom stereocenters. The molecule has 0 radical (unpaired) electrons. The smallest absolute Gasteiger partial charge is 0.279 e. The molecule has 0 heterocycles. The van der Waals surface area contributed by atoms with Crippen molar-refractivity contribution in [3.63, 3.8) is 0 Å². The predicted molar refractivity (Wildman–Crippen MR) is 94.2 cm³/mol. The number of benzene rings is 2. The van der Waals surface area contributed by atoms with E-state index in [1.165, 1.54) is 31.2 Å². The zero-order valence-electron chi connectivity index (χ0n) is 14.8. The molecule has 1 atom stereocenters. The van der Waals surface area contributed by atoms with Gasteiger partial charge in [0.15, 0.2) is 12.7 Å². The standard InChI is InChI=1S/C19H21FN2O4/c1-12-5-4-6-17(13(12)2)25-11-18(23)21-22-19(24)14(3)26-16-9-7-15(20)8-10-16/h4-10,14H,11H2,1-3H3,(H,21,23)(H,22,24)/t14-/m0/s1.